The summed E-state index contributed by atoms with van der Waals surface area (Å²) >= 11 is 1.52. The van der Waals surface area contributed by atoms with Crippen molar-refractivity contribution in [1.29, 1.82) is 0 Å². The summed E-state index contributed by atoms with van der Waals surface area (Å²) in [5, 5.41) is 6.54. The Hall–Kier alpha value is -2.21. The van der Waals surface area contributed by atoms with Crippen molar-refractivity contribution in [3.8, 4) is 0 Å². The summed E-state index contributed by atoms with van der Waals surface area (Å²) in [5.74, 6) is 0.726. The number of carbonyl (C=O) groups is 1. The monoisotopic (exact) mass is 302 g/mol. The van der Waals surface area contributed by atoms with Gasteiger partial charge in [-0.3, -0.25) is 0 Å². The highest BCUT2D eigenvalue weighted by Crippen LogP contribution is 2.26. The first-order valence-corrected chi connectivity index (χ1v) is 7.49. The first-order chi connectivity index (χ1) is 10.1. The number of nitrogens with zero attached hydrogens (tertiary/aromatic N) is 2. The number of thiophene rings is 1. The van der Waals surface area contributed by atoms with Crippen LogP contribution in [0.3, 0.4) is 0 Å². The fourth-order valence-electron chi connectivity index (χ4n) is 1.90. The largest absolute Gasteiger partial charge is 0.452 e. The molecule has 0 atom stereocenters. The maximum Gasteiger partial charge on any atom is 0.340 e. The van der Waals surface area contributed by atoms with Crippen molar-refractivity contribution in [2.45, 2.75) is 26.4 Å². The summed E-state index contributed by atoms with van der Waals surface area (Å²) < 4.78 is 11.4. The average Bonchev–Trinajstić information content (AvgIpc) is 3.11. The van der Waals surface area contributed by atoms with Crippen LogP contribution in [0.15, 0.2) is 34.2 Å². The Morgan fingerprint density at radius 2 is 2.19 bits per heavy atom. The summed E-state index contributed by atoms with van der Waals surface area (Å²) in [7, 11) is 0. The van der Waals surface area contributed by atoms with Gasteiger partial charge in [0.15, 0.2) is 12.4 Å². The van der Waals surface area contributed by atoms with Gasteiger partial charge in [0, 0.05) is 21.4 Å². The Kier molecular flexibility index (Phi) is 3.70. The number of hydrogen-bond acceptors (Lipinski definition) is 6. The molecule has 0 amide bonds. The van der Waals surface area contributed by atoms with Crippen LogP contribution in [0.25, 0.3) is 10.1 Å². The molecule has 0 spiro atoms. The predicted octanol–water partition coefficient (Wildman–Crippen LogP) is 3.76. The van der Waals surface area contributed by atoms with Crippen LogP contribution in [-0.4, -0.2) is 16.1 Å². The maximum absolute atomic E-state index is 12.1. The molecule has 0 saturated heterocycles. The molecule has 0 N–H and O–H groups in total. The fraction of sp³-hybridized carbons (Fsp3) is 0.267. The minimum Gasteiger partial charge on any atom is -0.452 e. The van der Waals surface area contributed by atoms with Gasteiger partial charge in [0.1, 0.15) is 0 Å². The van der Waals surface area contributed by atoms with Gasteiger partial charge in [-0.1, -0.05) is 37.2 Å². The molecular weight excluding hydrogens is 288 g/mol. The molecule has 0 aliphatic rings. The molecule has 21 heavy (non-hydrogen) atoms. The molecule has 2 heterocycles. The van der Waals surface area contributed by atoms with E-state index in [0.29, 0.717) is 17.3 Å². The van der Waals surface area contributed by atoms with E-state index in [1.165, 1.54) is 11.3 Å². The first kappa shape index (κ1) is 13.8. The van der Waals surface area contributed by atoms with E-state index in [2.05, 4.69) is 10.1 Å². The van der Waals surface area contributed by atoms with Gasteiger partial charge in [-0.25, -0.2) is 4.79 Å². The van der Waals surface area contributed by atoms with Crippen LogP contribution in [0.5, 0.6) is 0 Å². The van der Waals surface area contributed by atoms with E-state index in [9.17, 15) is 4.79 Å². The standard InChI is InChI=1S/C15H14N2O3S/c1-9(2)14-16-13(20-17-14)7-19-15(18)11-8-21-12-6-4-3-5-10(11)12/h3-6,8-9H,7H2,1-2H3. The molecule has 1 aromatic carbocycles. The molecule has 0 saturated carbocycles. The van der Waals surface area contributed by atoms with Gasteiger partial charge < -0.3 is 9.26 Å². The van der Waals surface area contributed by atoms with Crippen LogP contribution >= 0.6 is 11.3 Å². The zero-order valence-corrected chi connectivity index (χ0v) is 12.5. The van der Waals surface area contributed by atoms with Gasteiger partial charge in [0.05, 0.1) is 5.56 Å². The minimum atomic E-state index is -0.378. The molecule has 0 fully saturated rings. The van der Waals surface area contributed by atoms with E-state index in [4.69, 9.17) is 9.26 Å². The highest BCUT2D eigenvalue weighted by atomic mass is 32.1. The van der Waals surface area contributed by atoms with Gasteiger partial charge in [0.25, 0.3) is 5.89 Å². The molecule has 6 heteroatoms. The third kappa shape index (κ3) is 2.80. The van der Waals surface area contributed by atoms with Gasteiger partial charge in [-0.2, -0.15) is 4.98 Å². The topological polar surface area (TPSA) is 65.2 Å². The van der Waals surface area contributed by atoms with Crippen molar-refractivity contribution in [3.05, 3.63) is 46.9 Å². The maximum atomic E-state index is 12.1. The molecule has 2 aromatic heterocycles. The lowest BCUT2D eigenvalue weighted by Gasteiger charge is -2.00. The Bertz CT molecular complexity index is 776. The molecule has 0 radical (unpaired) electrons. The van der Waals surface area contributed by atoms with Gasteiger partial charge >= 0.3 is 5.97 Å². The summed E-state index contributed by atoms with van der Waals surface area (Å²) in [6, 6.07) is 7.73. The molecule has 108 valence electrons. The van der Waals surface area contributed by atoms with Crippen LogP contribution in [0.4, 0.5) is 0 Å². The van der Waals surface area contributed by atoms with E-state index in [1.54, 1.807) is 5.38 Å². The lowest BCUT2D eigenvalue weighted by Crippen LogP contribution is -2.04. The van der Waals surface area contributed by atoms with Crippen molar-refractivity contribution >= 4 is 27.4 Å². The number of carbonyl (C=O) groups excluding carboxylic acids is 1. The second-order valence-corrected chi connectivity index (χ2v) is 5.83. The van der Waals surface area contributed by atoms with E-state index < -0.39 is 0 Å². The molecule has 0 aliphatic carbocycles. The van der Waals surface area contributed by atoms with Crippen LogP contribution in [0.1, 0.15) is 41.8 Å². The van der Waals surface area contributed by atoms with Crippen molar-refractivity contribution in [2.75, 3.05) is 0 Å². The molecule has 5 nitrogen and oxygen atoms in total. The lowest BCUT2D eigenvalue weighted by molar-refractivity contribution is 0.0432. The number of ether oxygens (including phenoxy) is 1. The summed E-state index contributed by atoms with van der Waals surface area (Å²) in [6.45, 7) is 3.93. The number of esters is 1. The Labute approximate surface area is 125 Å². The number of rotatable bonds is 4. The molecule has 3 aromatic rings. The van der Waals surface area contributed by atoms with E-state index in [1.807, 2.05) is 38.1 Å². The molecule has 0 unspecified atom stereocenters. The second-order valence-electron chi connectivity index (χ2n) is 4.92. The van der Waals surface area contributed by atoms with Crippen molar-refractivity contribution < 1.29 is 14.1 Å². The second kappa shape index (κ2) is 5.65. The zero-order chi connectivity index (χ0) is 14.8. The summed E-state index contributed by atoms with van der Waals surface area (Å²) in [4.78, 5) is 16.3. The smallest absolute Gasteiger partial charge is 0.340 e. The van der Waals surface area contributed by atoms with Crippen molar-refractivity contribution in [3.63, 3.8) is 0 Å². The van der Waals surface area contributed by atoms with Gasteiger partial charge in [-0.15, -0.1) is 11.3 Å². The summed E-state index contributed by atoms with van der Waals surface area (Å²) in [5.41, 5.74) is 0.569. The lowest BCUT2D eigenvalue weighted by atomic mass is 10.2. The van der Waals surface area contributed by atoms with Crippen LogP contribution < -0.4 is 0 Å². The van der Waals surface area contributed by atoms with E-state index in [-0.39, 0.29) is 18.5 Å². The van der Waals surface area contributed by atoms with Gasteiger partial charge in [-0.05, 0) is 6.07 Å². The van der Waals surface area contributed by atoms with Crippen LogP contribution in [-0.2, 0) is 11.3 Å². The number of aromatic nitrogens is 2. The Morgan fingerprint density at radius 1 is 1.38 bits per heavy atom. The predicted molar refractivity (Wildman–Crippen MR) is 79.3 cm³/mol. The molecule has 0 aliphatic heterocycles. The van der Waals surface area contributed by atoms with Crippen molar-refractivity contribution in [1.82, 2.24) is 10.1 Å². The Balaban J connectivity index is 1.71. The van der Waals surface area contributed by atoms with Crippen LogP contribution in [0.2, 0.25) is 0 Å². The number of hydrogen-bond donors (Lipinski definition) is 0. The molecule has 3 rings (SSSR count). The quantitative estimate of drug-likeness (QED) is 0.686. The first-order valence-electron chi connectivity index (χ1n) is 6.61. The third-order valence-electron chi connectivity index (χ3n) is 3.03. The number of benzene rings is 1. The van der Waals surface area contributed by atoms with Crippen molar-refractivity contribution in [2.24, 2.45) is 0 Å². The summed E-state index contributed by atoms with van der Waals surface area (Å²) in [6.07, 6.45) is 0. The fourth-order valence-corrected chi connectivity index (χ4v) is 2.83. The molecular formula is C15H14N2O3S. The van der Waals surface area contributed by atoms with E-state index >= 15 is 0 Å². The Morgan fingerprint density at radius 3 is 2.95 bits per heavy atom. The molecule has 0 bridgehead atoms. The number of fused-ring (bicyclic) bond motifs is 1. The zero-order valence-electron chi connectivity index (χ0n) is 11.7. The highest BCUT2D eigenvalue weighted by molar-refractivity contribution is 7.17. The van der Waals surface area contributed by atoms with Crippen LogP contribution in [0, 0.1) is 0 Å². The third-order valence-corrected chi connectivity index (χ3v) is 3.99. The normalized spacial score (nSPS) is 11.2. The average molecular weight is 302 g/mol. The van der Waals surface area contributed by atoms with E-state index in [0.717, 1.165) is 10.1 Å². The minimum absolute atomic E-state index is 0.0112. The SMILES string of the molecule is CC(C)c1noc(COC(=O)c2csc3ccccc23)n1. The van der Waals surface area contributed by atoms with Gasteiger partial charge in [0.2, 0.25) is 0 Å². The highest BCUT2D eigenvalue weighted by Gasteiger charge is 2.16.